The van der Waals surface area contributed by atoms with Crippen LogP contribution >= 0.6 is 15.9 Å². The molecule has 2 N–H and O–H groups in total. The van der Waals surface area contributed by atoms with Gasteiger partial charge in [-0.3, -0.25) is 9.59 Å². The average molecular weight is 616 g/mol. The van der Waals surface area contributed by atoms with Gasteiger partial charge in [0.1, 0.15) is 11.5 Å². The molecule has 10 nitrogen and oxygen atoms in total. The number of hydrogen-bond donors (Lipinski definition) is 2. The SMILES string of the molecule is COc1ccc(C(=O)Oc2ccc(Br)cc2C=NNC(=O)c2cccc(NC(=O)c3ccc4c(c3)OCO4)c2)cc1. The summed E-state index contributed by atoms with van der Waals surface area (Å²) >= 11 is 3.39. The minimum atomic E-state index is -0.562. The number of rotatable bonds is 8. The Labute approximate surface area is 243 Å². The summed E-state index contributed by atoms with van der Waals surface area (Å²) in [6.45, 7) is 0.109. The minimum absolute atomic E-state index is 0.109. The number of nitrogens with one attached hydrogen (secondary N) is 2. The van der Waals surface area contributed by atoms with E-state index in [1.54, 1.807) is 78.9 Å². The predicted octanol–water partition coefficient (Wildman–Crippen LogP) is 5.42. The van der Waals surface area contributed by atoms with Crippen molar-refractivity contribution in [2.24, 2.45) is 5.10 Å². The predicted molar refractivity (Wildman–Crippen MR) is 154 cm³/mol. The van der Waals surface area contributed by atoms with Crippen LogP contribution in [0.4, 0.5) is 5.69 Å². The summed E-state index contributed by atoms with van der Waals surface area (Å²) in [5.41, 5.74) is 4.31. The quantitative estimate of drug-likeness (QED) is 0.117. The molecule has 11 heteroatoms. The second-order valence-electron chi connectivity index (χ2n) is 8.60. The van der Waals surface area contributed by atoms with E-state index in [0.717, 1.165) is 4.47 Å². The van der Waals surface area contributed by atoms with Gasteiger partial charge in [-0.25, -0.2) is 10.2 Å². The molecule has 0 radical (unpaired) electrons. The van der Waals surface area contributed by atoms with E-state index >= 15 is 0 Å². The van der Waals surface area contributed by atoms with Crippen LogP contribution in [-0.4, -0.2) is 37.9 Å². The number of carbonyl (C=O) groups excluding carboxylic acids is 3. The van der Waals surface area contributed by atoms with Crippen LogP contribution in [0, 0.1) is 0 Å². The third kappa shape index (κ3) is 6.71. The number of esters is 1. The highest BCUT2D eigenvalue weighted by molar-refractivity contribution is 9.10. The topological polar surface area (TPSA) is 125 Å². The third-order valence-corrected chi connectivity index (χ3v) is 6.38. The summed E-state index contributed by atoms with van der Waals surface area (Å²) in [7, 11) is 1.54. The minimum Gasteiger partial charge on any atom is -0.497 e. The number of ether oxygens (including phenoxy) is 4. The van der Waals surface area contributed by atoms with Gasteiger partial charge in [0, 0.05) is 26.9 Å². The van der Waals surface area contributed by atoms with Gasteiger partial charge in [-0.05, 0) is 78.9 Å². The standard InChI is InChI=1S/C30H22BrN3O7/c1-38-24-9-5-18(6-10-24)30(37)41-25-12-8-22(31)13-21(25)16-32-34-29(36)19-3-2-4-23(14-19)33-28(35)20-7-11-26-27(15-20)40-17-39-26/h2-16H,17H2,1H3,(H,33,35)(H,34,36). The molecule has 0 saturated carbocycles. The number of amides is 2. The molecule has 1 heterocycles. The van der Waals surface area contributed by atoms with Gasteiger partial charge < -0.3 is 24.3 Å². The Morgan fingerprint density at radius 2 is 1.61 bits per heavy atom. The molecule has 41 heavy (non-hydrogen) atoms. The van der Waals surface area contributed by atoms with Gasteiger partial charge in [0.25, 0.3) is 11.8 Å². The van der Waals surface area contributed by atoms with Crippen molar-refractivity contribution in [2.75, 3.05) is 19.2 Å². The maximum absolute atomic E-state index is 12.8. The van der Waals surface area contributed by atoms with Crippen molar-refractivity contribution in [1.29, 1.82) is 0 Å². The molecule has 4 aromatic carbocycles. The Morgan fingerprint density at radius 3 is 2.41 bits per heavy atom. The highest BCUT2D eigenvalue weighted by Crippen LogP contribution is 2.32. The summed E-state index contributed by atoms with van der Waals surface area (Å²) in [6.07, 6.45) is 1.37. The molecule has 0 atom stereocenters. The first-order valence-electron chi connectivity index (χ1n) is 12.2. The highest BCUT2D eigenvalue weighted by Gasteiger charge is 2.17. The highest BCUT2D eigenvalue weighted by atomic mass is 79.9. The number of benzene rings is 4. The van der Waals surface area contributed by atoms with Crippen molar-refractivity contribution in [3.8, 4) is 23.0 Å². The molecule has 1 aliphatic heterocycles. The van der Waals surface area contributed by atoms with Gasteiger partial charge in [-0.1, -0.05) is 22.0 Å². The smallest absolute Gasteiger partial charge is 0.343 e. The van der Waals surface area contributed by atoms with E-state index in [1.165, 1.54) is 19.4 Å². The fourth-order valence-corrected chi connectivity index (χ4v) is 4.18. The van der Waals surface area contributed by atoms with Crippen molar-refractivity contribution in [3.63, 3.8) is 0 Å². The molecule has 0 aromatic heterocycles. The Morgan fingerprint density at radius 1 is 0.854 bits per heavy atom. The van der Waals surface area contributed by atoms with Crippen LogP contribution in [0.25, 0.3) is 0 Å². The summed E-state index contributed by atoms with van der Waals surface area (Å²) in [6, 6.07) is 22.8. The van der Waals surface area contributed by atoms with Crippen molar-refractivity contribution >= 4 is 45.6 Å². The molecular formula is C30H22BrN3O7. The molecule has 0 bridgehead atoms. The molecule has 2 amide bonds. The van der Waals surface area contributed by atoms with Crippen LogP contribution in [0.1, 0.15) is 36.6 Å². The second kappa shape index (κ2) is 12.3. The van der Waals surface area contributed by atoms with Gasteiger partial charge >= 0.3 is 5.97 Å². The number of halogens is 1. The fraction of sp³-hybridized carbons (Fsp3) is 0.0667. The van der Waals surface area contributed by atoms with Gasteiger partial charge in [-0.15, -0.1) is 0 Å². The summed E-state index contributed by atoms with van der Waals surface area (Å²) < 4.78 is 22.0. The third-order valence-electron chi connectivity index (χ3n) is 5.89. The molecule has 1 aliphatic rings. The number of hydrazone groups is 1. The molecule has 0 unspecified atom stereocenters. The fourth-order valence-electron chi connectivity index (χ4n) is 3.80. The van der Waals surface area contributed by atoms with Crippen LogP contribution in [-0.2, 0) is 0 Å². The van der Waals surface area contributed by atoms with Crippen LogP contribution in [0.2, 0.25) is 0 Å². The number of fused-ring (bicyclic) bond motifs is 1. The molecule has 206 valence electrons. The number of anilines is 1. The first kappa shape index (κ1) is 27.4. The normalized spacial score (nSPS) is 11.7. The zero-order chi connectivity index (χ0) is 28.8. The van der Waals surface area contributed by atoms with Crippen molar-refractivity contribution in [3.05, 3.63) is 112 Å². The van der Waals surface area contributed by atoms with Crippen LogP contribution < -0.4 is 29.7 Å². The van der Waals surface area contributed by atoms with Crippen molar-refractivity contribution in [1.82, 2.24) is 5.43 Å². The summed E-state index contributed by atoms with van der Waals surface area (Å²) in [5, 5.41) is 6.79. The average Bonchev–Trinajstić information content (AvgIpc) is 3.46. The first-order chi connectivity index (χ1) is 19.9. The van der Waals surface area contributed by atoms with E-state index in [9.17, 15) is 14.4 Å². The molecule has 4 aromatic rings. The van der Waals surface area contributed by atoms with Crippen molar-refractivity contribution in [2.45, 2.75) is 0 Å². The number of hydrogen-bond acceptors (Lipinski definition) is 8. The lowest BCUT2D eigenvalue weighted by Gasteiger charge is -2.09. The van der Waals surface area contributed by atoms with Gasteiger partial charge in [-0.2, -0.15) is 5.10 Å². The maximum atomic E-state index is 12.8. The lowest BCUT2D eigenvalue weighted by atomic mass is 10.1. The van der Waals surface area contributed by atoms with E-state index < -0.39 is 11.9 Å². The largest absolute Gasteiger partial charge is 0.497 e. The second-order valence-corrected chi connectivity index (χ2v) is 9.52. The Balaban J connectivity index is 1.23. The molecular weight excluding hydrogens is 594 g/mol. The number of nitrogens with zero attached hydrogens (tertiary/aromatic N) is 1. The van der Waals surface area contributed by atoms with Crippen LogP contribution in [0.5, 0.6) is 23.0 Å². The molecule has 5 rings (SSSR count). The Kier molecular flexibility index (Phi) is 8.26. The van der Waals surface area contributed by atoms with Gasteiger partial charge in [0.05, 0.1) is 18.9 Å². The van der Waals surface area contributed by atoms with E-state index in [-0.39, 0.29) is 24.0 Å². The van der Waals surface area contributed by atoms with E-state index in [4.69, 9.17) is 18.9 Å². The van der Waals surface area contributed by atoms with Gasteiger partial charge in [0.2, 0.25) is 6.79 Å². The summed E-state index contributed by atoms with van der Waals surface area (Å²) in [4.78, 5) is 38.1. The summed E-state index contributed by atoms with van der Waals surface area (Å²) in [5.74, 6) is 0.497. The zero-order valence-electron chi connectivity index (χ0n) is 21.6. The van der Waals surface area contributed by atoms with Gasteiger partial charge in [0.15, 0.2) is 11.5 Å². The molecule has 0 aliphatic carbocycles. The zero-order valence-corrected chi connectivity index (χ0v) is 23.1. The van der Waals surface area contributed by atoms with Crippen LogP contribution in [0.3, 0.4) is 0 Å². The Hall–Kier alpha value is -5.16. The van der Waals surface area contributed by atoms with E-state index in [2.05, 4.69) is 31.8 Å². The molecule has 0 spiro atoms. The monoisotopic (exact) mass is 615 g/mol. The van der Waals surface area contributed by atoms with E-state index in [0.29, 0.717) is 39.6 Å². The Bertz CT molecular complexity index is 1650. The lowest BCUT2D eigenvalue weighted by molar-refractivity contribution is 0.0733. The lowest BCUT2D eigenvalue weighted by Crippen LogP contribution is -2.18. The number of methoxy groups -OCH3 is 1. The molecule has 0 saturated heterocycles. The number of carbonyl (C=O) groups is 3. The van der Waals surface area contributed by atoms with Crippen molar-refractivity contribution < 1.29 is 33.3 Å². The van der Waals surface area contributed by atoms with Crippen LogP contribution in [0.15, 0.2) is 94.5 Å². The maximum Gasteiger partial charge on any atom is 0.343 e. The van der Waals surface area contributed by atoms with E-state index in [1.807, 2.05) is 0 Å². The molecule has 0 fully saturated rings. The first-order valence-corrected chi connectivity index (χ1v) is 13.0.